The molecule has 2 rings (SSSR count). The molecule has 0 radical (unpaired) electrons. The highest BCUT2D eigenvalue weighted by Gasteiger charge is 2.13. The maximum Gasteiger partial charge on any atom is 0.177 e. The van der Waals surface area contributed by atoms with Crippen LogP contribution in [-0.4, -0.2) is 20.0 Å². The van der Waals surface area contributed by atoms with Crippen LogP contribution in [0.15, 0.2) is 12.1 Å². The van der Waals surface area contributed by atoms with Gasteiger partial charge < -0.3 is 0 Å². The predicted octanol–water partition coefficient (Wildman–Crippen LogP) is 2.49. The Balaban J connectivity index is 2.52. The summed E-state index contributed by atoms with van der Waals surface area (Å²) in [7, 11) is 0. The fourth-order valence-corrected chi connectivity index (χ4v) is 1.98. The lowest BCUT2D eigenvalue weighted by Gasteiger charge is -2.01. The highest BCUT2D eigenvalue weighted by atomic mass is 35.5. The molecule has 0 saturated heterocycles. The molecular formula is C11H13ClN4. The van der Waals surface area contributed by atoms with Gasteiger partial charge in [0.1, 0.15) is 5.15 Å². The van der Waals surface area contributed by atoms with Crippen molar-refractivity contribution in [1.82, 2.24) is 20.0 Å². The Morgan fingerprint density at radius 1 is 1.25 bits per heavy atom. The molecule has 0 saturated carbocycles. The van der Waals surface area contributed by atoms with E-state index in [1.807, 2.05) is 26.0 Å². The molecule has 0 unspecified atom stereocenters. The second-order valence-corrected chi connectivity index (χ2v) is 4.01. The smallest absolute Gasteiger partial charge is 0.177 e. The van der Waals surface area contributed by atoms with Gasteiger partial charge in [-0.1, -0.05) is 18.5 Å². The van der Waals surface area contributed by atoms with Crippen molar-refractivity contribution in [2.24, 2.45) is 0 Å². The normalized spacial score (nSPS) is 10.8. The zero-order chi connectivity index (χ0) is 11.7. The number of halogens is 1. The standard InChI is InChI=1S/C11H13ClN4/c1-4-9-8(3)15-16(11(9)12)10-6-5-7(2)13-14-10/h5-6H,4H2,1-3H3. The van der Waals surface area contributed by atoms with Gasteiger partial charge in [-0.3, -0.25) is 0 Å². The number of hydrogen-bond acceptors (Lipinski definition) is 3. The molecule has 0 N–H and O–H groups in total. The zero-order valence-corrected chi connectivity index (χ0v) is 10.3. The van der Waals surface area contributed by atoms with Crippen LogP contribution in [0.2, 0.25) is 5.15 Å². The van der Waals surface area contributed by atoms with Crippen LogP contribution in [0.4, 0.5) is 0 Å². The molecule has 4 nitrogen and oxygen atoms in total. The Labute approximate surface area is 99.3 Å². The van der Waals surface area contributed by atoms with Crippen LogP contribution < -0.4 is 0 Å². The summed E-state index contributed by atoms with van der Waals surface area (Å²) >= 11 is 6.24. The first kappa shape index (κ1) is 11.1. The summed E-state index contributed by atoms with van der Waals surface area (Å²) in [5, 5.41) is 13.0. The maximum atomic E-state index is 6.24. The van der Waals surface area contributed by atoms with Crippen molar-refractivity contribution in [1.29, 1.82) is 0 Å². The largest absolute Gasteiger partial charge is 0.201 e. The average molecular weight is 237 g/mol. The first-order valence-electron chi connectivity index (χ1n) is 5.18. The lowest BCUT2D eigenvalue weighted by molar-refractivity contribution is 0.797. The Hall–Kier alpha value is -1.42. The summed E-state index contributed by atoms with van der Waals surface area (Å²) in [5.74, 6) is 0.651. The summed E-state index contributed by atoms with van der Waals surface area (Å²) in [4.78, 5) is 0. The van der Waals surface area contributed by atoms with Crippen molar-refractivity contribution in [3.63, 3.8) is 0 Å². The first-order chi connectivity index (χ1) is 7.63. The maximum absolute atomic E-state index is 6.24. The molecule has 0 spiro atoms. The van der Waals surface area contributed by atoms with Gasteiger partial charge in [0.2, 0.25) is 0 Å². The third-order valence-corrected chi connectivity index (χ3v) is 2.86. The highest BCUT2D eigenvalue weighted by molar-refractivity contribution is 6.30. The fraction of sp³-hybridized carbons (Fsp3) is 0.364. The minimum Gasteiger partial charge on any atom is -0.201 e. The molecule has 0 bridgehead atoms. The van der Waals surface area contributed by atoms with Crippen LogP contribution in [0.1, 0.15) is 23.9 Å². The molecule has 0 aromatic carbocycles. The molecule has 0 aliphatic heterocycles. The van der Waals surface area contributed by atoms with E-state index >= 15 is 0 Å². The topological polar surface area (TPSA) is 43.6 Å². The first-order valence-corrected chi connectivity index (χ1v) is 5.56. The molecule has 0 aliphatic rings. The Morgan fingerprint density at radius 2 is 2.00 bits per heavy atom. The van der Waals surface area contributed by atoms with Gasteiger partial charge in [0.15, 0.2) is 5.82 Å². The van der Waals surface area contributed by atoms with E-state index in [0.717, 1.165) is 23.4 Å². The molecule has 0 amide bonds. The zero-order valence-electron chi connectivity index (χ0n) is 9.53. The average Bonchev–Trinajstić information content (AvgIpc) is 2.55. The second-order valence-electron chi connectivity index (χ2n) is 3.65. The number of rotatable bonds is 2. The lowest BCUT2D eigenvalue weighted by Crippen LogP contribution is -2.02. The quantitative estimate of drug-likeness (QED) is 0.805. The van der Waals surface area contributed by atoms with Gasteiger partial charge in [-0.05, 0) is 32.4 Å². The summed E-state index contributed by atoms with van der Waals surface area (Å²) in [6.45, 7) is 5.90. The van der Waals surface area contributed by atoms with Crippen LogP contribution in [-0.2, 0) is 6.42 Å². The van der Waals surface area contributed by atoms with Gasteiger partial charge in [0, 0.05) is 5.56 Å². The van der Waals surface area contributed by atoms with Crippen molar-refractivity contribution < 1.29 is 0 Å². The van der Waals surface area contributed by atoms with E-state index in [-0.39, 0.29) is 0 Å². The molecule has 84 valence electrons. The minimum atomic E-state index is 0.623. The van der Waals surface area contributed by atoms with Gasteiger partial charge in [-0.2, -0.15) is 10.2 Å². The van der Waals surface area contributed by atoms with E-state index in [1.54, 1.807) is 4.68 Å². The molecule has 0 atom stereocenters. The van der Waals surface area contributed by atoms with Crippen LogP contribution in [0.25, 0.3) is 5.82 Å². The van der Waals surface area contributed by atoms with E-state index in [9.17, 15) is 0 Å². The highest BCUT2D eigenvalue weighted by Crippen LogP contribution is 2.22. The van der Waals surface area contributed by atoms with Crippen LogP contribution in [0.3, 0.4) is 0 Å². The van der Waals surface area contributed by atoms with Crippen molar-refractivity contribution in [2.45, 2.75) is 27.2 Å². The monoisotopic (exact) mass is 236 g/mol. The van der Waals surface area contributed by atoms with Gasteiger partial charge >= 0.3 is 0 Å². The van der Waals surface area contributed by atoms with Crippen LogP contribution >= 0.6 is 11.6 Å². The van der Waals surface area contributed by atoms with Gasteiger partial charge in [0.25, 0.3) is 0 Å². The van der Waals surface area contributed by atoms with Crippen molar-refractivity contribution in [3.05, 3.63) is 34.2 Å². The van der Waals surface area contributed by atoms with E-state index in [4.69, 9.17) is 11.6 Å². The second kappa shape index (κ2) is 4.22. The number of aryl methyl sites for hydroxylation is 2. The van der Waals surface area contributed by atoms with Gasteiger partial charge in [-0.25, -0.2) is 4.68 Å². The van der Waals surface area contributed by atoms with Gasteiger partial charge in [0.05, 0.1) is 11.4 Å². The van der Waals surface area contributed by atoms with Crippen molar-refractivity contribution in [3.8, 4) is 5.82 Å². The Morgan fingerprint density at radius 3 is 2.50 bits per heavy atom. The summed E-state index contributed by atoms with van der Waals surface area (Å²) in [6.07, 6.45) is 0.865. The molecule has 16 heavy (non-hydrogen) atoms. The molecule has 0 aliphatic carbocycles. The van der Waals surface area contributed by atoms with Crippen LogP contribution in [0.5, 0.6) is 0 Å². The molecule has 2 aromatic rings. The summed E-state index contributed by atoms with van der Waals surface area (Å²) in [5.41, 5.74) is 2.87. The Bertz CT molecular complexity index is 501. The van der Waals surface area contributed by atoms with E-state index < -0.39 is 0 Å². The SMILES string of the molecule is CCc1c(C)nn(-c2ccc(C)nn2)c1Cl. The molecule has 0 fully saturated rings. The minimum absolute atomic E-state index is 0.623. The van der Waals surface area contributed by atoms with E-state index in [1.165, 1.54) is 0 Å². The van der Waals surface area contributed by atoms with Crippen molar-refractivity contribution in [2.75, 3.05) is 0 Å². The molecule has 2 heterocycles. The molecular weight excluding hydrogens is 224 g/mol. The predicted molar refractivity (Wildman–Crippen MR) is 63.0 cm³/mol. The number of hydrogen-bond donors (Lipinski definition) is 0. The van der Waals surface area contributed by atoms with Gasteiger partial charge in [-0.15, -0.1) is 5.10 Å². The van der Waals surface area contributed by atoms with E-state index in [2.05, 4.69) is 22.2 Å². The number of nitrogens with zero attached hydrogens (tertiary/aromatic N) is 4. The lowest BCUT2D eigenvalue weighted by atomic mass is 10.2. The summed E-state index contributed by atoms with van der Waals surface area (Å²) < 4.78 is 1.63. The van der Waals surface area contributed by atoms with Crippen LogP contribution in [0, 0.1) is 13.8 Å². The van der Waals surface area contributed by atoms with E-state index in [0.29, 0.717) is 11.0 Å². The summed E-state index contributed by atoms with van der Waals surface area (Å²) in [6, 6.07) is 3.75. The molecule has 5 heteroatoms. The molecule has 2 aromatic heterocycles. The third-order valence-electron chi connectivity index (χ3n) is 2.48. The number of aromatic nitrogens is 4. The van der Waals surface area contributed by atoms with Crippen molar-refractivity contribution >= 4 is 11.6 Å². The fourth-order valence-electron chi connectivity index (χ4n) is 1.59. The third kappa shape index (κ3) is 1.80. The Kier molecular flexibility index (Phi) is 2.92.